The molecule has 2 atom stereocenters. The van der Waals surface area contributed by atoms with Crippen molar-refractivity contribution >= 4 is 11.6 Å². The molecule has 0 bridgehead atoms. The Kier molecular flexibility index (Phi) is 7.06. The first-order valence-electron chi connectivity index (χ1n) is 8.77. The molecule has 2 unspecified atom stereocenters. The van der Waals surface area contributed by atoms with Gasteiger partial charge < -0.3 is 19.5 Å². The van der Waals surface area contributed by atoms with Gasteiger partial charge in [-0.25, -0.2) is 0 Å². The maximum absolute atomic E-state index is 12.7. The van der Waals surface area contributed by atoms with Crippen LogP contribution in [-0.2, 0) is 14.3 Å². The van der Waals surface area contributed by atoms with Crippen molar-refractivity contribution in [1.29, 1.82) is 0 Å². The molecule has 0 heterocycles. The van der Waals surface area contributed by atoms with E-state index in [1.165, 1.54) is 0 Å². The average Bonchev–Trinajstić information content (AvgIpc) is 2.60. The lowest BCUT2D eigenvalue weighted by molar-refractivity contribution is -0.143. The molecule has 1 aromatic carbocycles. The number of nitrogens with one attached hydrogen (secondary N) is 1. The van der Waals surface area contributed by atoms with Gasteiger partial charge in [0.1, 0.15) is 18.0 Å². The van der Waals surface area contributed by atoms with Crippen molar-refractivity contribution in [3.05, 3.63) is 24.3 Å². The van der Waals surface area contributed by atoms with Gasteiger partial charge in [0.05, 0.1) is 6.61 Å². The Hall–Kier alpha value is -1.59. The maximum Gasteiger partial charge on any atom is 0.256 e. The predicted octanol–water partition coefficient (Wildman–Crippen LogP) is 3.64. The van der Waals surface area contributed by atoms with E-state index in [4.69, 9.17) is 14.2 Å². The lowest BCUT2D eigenvalue weighted by atomic mass is 9.78. The lowest BCUT2D eigenvalue weighted by Crippen LogP contribution is -2.47. The second-order valence-corrected chi connectivity index (χ2v) is 6.42. The zero-order valence-electron chi connectivity index (χ0n) is 15.0. The van der Waals surface area contributed by atoms with E-state index in [2.05, 4.69) is 12.2 Å². The van der Waals surface area contributed by atoms with Gasteiger partial charge in [0.25, 0.3) is 5.91 Å². The fourth-order valence-electron chi connectivity index (χ4n) is 3.23. The van der Waals surface area contributed by atoms with Crippen LogP contribution in [0.1, 0.15) is 39.5 Å². The molecule has 5 heteroatoms. The van der Waals surface area contributed by atoms with Crippen LogP contribution < -0.4 is 10.1 Å². The summed E-state index contributed by atoms with van der Waals surface area (Å²) in [6.07, 6.45) is 3.73. The summed E-state index contributed by atoms with van der Waals surface area (Å²) in [6, 6.07) is 7.40. The molecule has 1 aromatic rings. The fourth-order valence-corrected chi connectivity index (χ4v) is 3.23. The minimum absolute atomic E-state index is 0.0541. The molecule has 1 aliphatic carbocycles. The number of anilines is 1. The molecule has 0 aromatic heterocycles. The Balaban J connectivity index is 1.91. The number of ether oxygens (including phenoxy) is 3. The molecule has 1 amide bonds. The first-order valence-corrected chi connectivity index (χ1v) is 8.77. The molecule has 2 rings (SSSR count). The van der Waals surface area contributed by atoms with Gasteiger partial charge in [-0.05, 0) is 56.4 Å². The molecule has 0 spiro atoms. The third-order valence-corrected chi connectivity index (χ3v) is 4.57. The van der Waals surface area contributed by atoms with Gasteiger partial charge in [-0.15, -0.1) is 0 Å². The van der Waals surface area contributed by atoms with E-state index in [1.54, 1.807) is 7.11 Å². The normalized spacial score (nSPS) is 23.7. The molecule has 134 valence electrons. The zero-order chi connectivity index (χ0) is 17.4. The summed E-state index contributed by atoms with van der Waals surface area (Å²) in [5.74, 6) is 1.22. The standard InChI is InChI=1S/C19H29NO4/c1-4-23-12-13-24-17-9-7-16(8-10-17)20-18(21)19(22-3)11-5-6-15(2)14-19/h7-10,15H,4-6,11-14H2,1-3H3,(H,20,21). The van der Waals surface area contributed by atoms with Gasteiger partial charge >= 0.3 is 0 Å². The Morgan fingerprint density at radius 1 is 1.29 bits per heavy atom. The summed E-state index contributed by atoms with van der Waals surface area (Å²) in [5.41, 5.74) is 0.0523. The van der Waals surface area contributed by atoms with E-state index in [1.807, 2.05) is 31.2 Å². The van der Waals surface area contributed by atoms with Crippen LogP contribution in [0.3, 0.4) is 0 Å². The third-order valence-electron chi connectivity index (χ3n) is 4.57. The number of hydrogen-bond donors (Lipinski definition) is 1. The highest BCUT2D eigenvalue weighted by Crippen LogP contribution is 2.35. The summed E-state index contributed by atoms with van der Waals surface area (Å²) in [4.78, 5) is 12.7. The number of hydrogen-bond acceptors (Lipinski definition) is 4. The van der Waals surface area contributed by atoms with Gasteiger partial charge in [-0.3, -0.25) is 4.79 Å². The van der Waals surface area contributed by atoms with Crippen molar-refractivity contribution in [3.63, 3.8) is 0 Å². The van der Waals surface area contributed by atoms with Crippen LogP contribution >= 0.6 is 0 Å². The average molecular weight is 335 g/mol. The maximum atomic E-state index is 12.7. The number of rotatable bonds is 8. The van der Waals surface area contributed by atoms with E-state index >= 15 is 0 Å². The first-order chi connectivity index (χ1) is 11.6. The Morgan fingerprint density at radius 3 is 2.67 bits per heavy atom. The molecule has 24 heavy (non-hydrogen) atoms. The van der Waals surface area contributed by atoms with Gasteiger partial charge in [0, 0.05) is 19.4 Å². The SMILES string of the molecule is CCOCCOc1ccc(NC(=O)C2(OC)CCCC(C)C2)cc1. The van der Waals surface area contributed by atoms with Crippen molar-refractivity contribution in [2.24, 2.45) is 5.92 Å². The zero-order valence-corrected chi connectivity index (χ0v) is 15.0. The van der Waals surface area contributed by atoms with Gasteiger partial charge in [0.2, 0.25) is 0 Å². The molecule has 0 aliphatic heterocycles. The van der Waals surface area contributed by atoms with E-state index in [0.29, 0.717) is 25.7 Å². The van der Waals surface area contributed by atoms with Crippen molar-refractivity contribution in [2.75, 3.05) is 32.2 Å². The number of carbonyl (C=O) groups is 1. The van der Waals surface area contributed by atoms with Crippen molar-refractivity contribution in [2.45, 2.75) is 45.1 Å². The van der Waals surface area contributed by atoms with E-state index in [9.17, 15) is 4.79 Å². The smallest absolute Gasteiger partial charge is 0.256 e. The molecule has 1 N–H and O–H groups in total. The summed E-state index contributed by atoms with van der Waals surface area (Å²) in [7, 11) is 1.63. The first kappa shape index (κ1) is 18.7. The molecule has 0 saturated heterocycles. The highest BCUT2D eigenvalue weighted by Gasteiger charge is 2.41. The summed E-state index contributed by atoms with van der Waals surface area (Å²) in [6.45, 7) is 5.91. The molecular weight excluding hydrogens is 306 g/mol. The topological polar surface area (TPSA) is 56.8 Å². The van der Waals surface area contributed by atoms with E-state index in [-0.39, 0.29) is 5.91 Å². The molecular formula is C19H29NO4. The Bertz CT molecular complexity index is 517. The minimum atomic E-state index is -0.704. The van der Waals surface area contributed by atoms with Crippen LogP contribution in [0.25, 0.3) is 0 Å². The second kappa shape index (κ2) is 9.04. The summed E-state index contributed by atoms with van der Waals surface area (Å²) < 4.78 is 16.4. The van der Waals surface area contributed by atoms with Crippen LogP contribution in [0.2, 0.25) is 0 Å². The van der Waals surface area contributed by atoms with Gasteiger partial charge in [-0.2, -0.15) is 0 Å². The van der Waals surface area contributed by atoms with Crippen molar-refractivity contribution in [3.8, 4) is 5.75 Å². The van der Waals surface area contributed by atoms with E-state index in [0.717, 1.165) is 37.1 Å². The molecule has 1 aliphatic rings. The number of benzene rings is 1. The summed E-state index contributed by atoms with van der Waals surface area (Å²) >= 11 is 0. The van der Waals surface area contributed by atoms with Crippen LogP contribution in [0.5, 0.6) is 5.75 Å². The molecule has 0 radical (unpaired) electrons. The van der Waals surface area contributed by atoms with Gasteiger partial charge in [-0.1, -0.05) is 13.3 Å². The number of methoxy groups -OCH3 is 1. The van der Waals surface area contributed by atoms with Crippen LogP contribution in [0, 0.1) is 5.92 Å². The van der Waals surface area contributed by atoms with Crippen LogP contribution in [0.15, 0.2) is 24.3 Å². The predicted molar refractivity (Wildman–Crippen MR) is 94.4 cm³/mol. The highest BCUT2D eigenvalue weighted by atomic mass is 16.5. The van der Waals surface area contributed by atoms with Crippen molar-refractivity contribution < 1.29 is 19.0 Å². The van der Waals surface area contributed by atoms with Crippen LogP contribution in [-0.4, -0.2) is 38.4 Å². The Morgan fingerprint density at radius 2 is 2.04 bits per heavy atom. The largest absolute Gasteiger partial charge is 0.491 e. The van der Waals surface area contributed by atoms with E-state index < -0.39 is 5.60 Å². The lowest BCUT2D eigenvalue weighted by Gasteiger charge is -2.37. The highest BCUT2D eigenvalue weighted by molar-refractivity contribution is 5.97. The molecule has 5 nitrogen and oxygen atoms in total. The minimum Gasteiger partial charge on any atom is -0.491 e. The second-order valence-electron chi connectivity index (χ2n) is 6.42. The number of carbonyl (C=O) groups excluding carboxylic acids is 1. The van der Waals surface area contributed by atoms with Gasteiger partial charge in [0.15, 0.2) is 0 Å². The summed E-state index contributed by atoms with van der Waals surface area (Å²) in [5, 5.41) is 2.98. The number of amides is 1. The third kappa shape index (κ3) is 4.95. The fraction of sp³-hybridized carbons (Fsp3) is 0.632. The molecule has 1 saturated carbocycles. The Labute approximate surface area is 144 Å². The van der Waals surface area contributed by atoms with Crippen molar-refractivity contribution in [1.82, 2.24) is 0 Å². The van der Waals surface area contributed by atoms with Crippen LogP contribution in [0.4, 0.5) is 5.69 Å². The monoisotopic (exact) mass is 335 g/mol. The molecule has 1 fully saturated rings. The quantitative estimate of drug-likeness (QED) is 0.737.